The first-order valence-electron chi connectivity index (χ1n) is 11.0. The van der Waals surface area contributed by atoms with E-state index in [0.717, 1.165) is 55.7 Å². The number of carbonyl (C=O) groups is 1. The molecule has 2 N–H and O–H groups in total. The van der Waals surface area contributed by atoms with Gasteiger partial charge in [0.1, 0.15) is 5.82 Å². The summed E-state index contributed by atoms with van der Waals surface area (Å²) in [6, 6.07) is 20.1. The van der Waals surface area contributed by atoms with Crippen LogP contribution in [0, 0.1) is 13.8 Å². The van der Waals surface area contributed by atoms with Gasteiger partial charge in [-0.1, -0.05) is 42.5 Å². The van der Waals surface area contributed by atoms with E-state index in [4.69, 9.17) is 15.1 Å². The maximum absolute atomic E-state index is 11.1. The highest BCUT2D eigenvalue weighted by Gasteiger charge is 2.15. The van der Waals surface area contributed by atoms with Crippen molar-refractivity contribution in [3.8, 4) is 16.9 Å². The average molecular weight is 469 g/mol. The fourth-order valence-electron chi connectivity index (χ4n) is 3.91. The molecule has 0 saturated heterocycles. The molecule has 0 aliphatic heterocycles. The largest absolute Gasteiger partial charge is 0.352 e. The van der Waals surface area contributed by atoms with E-state index < -0.39 is 0 Å². The van der Waals surface area contributed by atoms with Gasteiger partial charge in [0.05, 0.1) is 17.1 Å². The first-order valence-corrected chi connectivity index (χ1v) is 11.8. The van der Waals surface area contributed by atoms with Crippen molar-refractivity contribution in [3.63, 3.8) is 0 Å². The second-order valence-electron chi connectivity index (χ2n) is 8.13. The topological polar surface area (TPSA) is 84.7 Å². The maximum Gasteiger partial charge on any atom is 0.217 e. The Morgan fingerprint density at radius 1 is 1.03 bits per heavy atom. The van der Waals surface area contributed by atoms with Gasteiger partial charge in [-0.05, 0) is 43.2 Å². The van der Waals surface area contributed by atoms with Crippen molar-refractivity contribution in [3.05, 3.63) is 82.9 Å². The Morgan fingerprint density at radius 3 is 2.53 bits per heavy atom. The predicted octanol–water partition coefficient (Wildman–Crippen LogP) is 5.54. The molecule has 34 heavy (non-hydrogen) atoms. The SMILES string of the molecule is CC(=O)NCc1ccc(-c2csc(Nc3cc(C)c4c(C)nn(-c5ccccc5)c4n3)n2)cc1. The van der Waals surface area contributed by atoms with Crippen molar-refractivity contribution < 1.29 is 4.79 Å². The van der Waals surface area contributed by atoms with Crippen molar-refractivity contribution in [1.82, 2.24) is 25.1 Å². The van der Waals surface area contributed by atoms with Gasteiger partial charge >= 0.3 is 0 Å². The molecular formula is C26H24N6OS. The molecule has 8 heteroatoms. The van der Waals surface area contributed by atoms with Crippen LogP contribution in [0.3, 0.4) is 0 Å². The number of nitrogens with one attached hydrogen (secondary N) is 2. The van der Waals surface area contributed by atoms with Gasteiger partial charge in [0.25, 0.3) is 0 Å². The van der Waals surface area contributed by atoms with Crippen LogP contribution in [0.25, 0.3) is 28.0 Å². The molecule has 0 unspecified atom stereocenters. The molecule has 0 atom stereocenters. The summed E-state index contributed by atoms with van der Waals surface area (Å²) < 4.78 is 1.89. The number of pyridine rings is 1. The smallest absolute Gasteiger partial charge is 0.217 e. The number of benzene rings is 2. The molecule has 7 nitrogen and oxygen atoms in total. The highest BCUT2D eigenvalue weighted by Crippen LogP contribution is 2.30. The molecule has 1 amide bonds. The summed E-state index contributed by atoms with van der Waals surface area (Å²) in [4.78, 5) is 20.7. The third-order valence-electron chi connectivity index (χ3n) is 5.54. The molecule has 0 radical (unpaired) electrons. The van der Waals surface area contributed by atoms with E-state index >= 15 is 0 Å². The van der Waals surface area contributed by atoms with Gasteiger partial charge in [-0.25, -0.2) is 14.6 Å². The highest BCUT2D eigenvalue weighted by atomic mass is 32.1. The number of para-hydroxylation sites is 1. The first kappa shape index (κ1) is 21.8. The van der Waals surface area contributed by atoms with Crippen molar-refractivity contribution in [1.29, 1.82) is 0 Å². The Hall–Kier alpha value is -4.04. The molecule has 3 heterocycles. The molecule has 0 bridgehead atoms. The Balaban J connectivity index is 1.40. The fourth-order valence-corrected chi connectivity index (χ4v) is 4.64. The molecule has 0 fully saturated rings. The Morgan fingerprint density at radius 2 is 1.79 bits per heavy atom. The molecule has 3 aromatic heterocycles. The minimum Gasteiger partial charge on any atom is -0.352 e. The predicted molar refractivity (Wildman–Crippen MR) is 137 cm³/mol. The Bertz CT molecular complexity index is 1470. The second-order valence-corrected chi connectivity index (χ2v) is 8.98. The zero-order valence-corrected chi connectivity index (χ0v) is 20.0. The maximum atomic E-state index is 11.1. The molecule has 0 saturated carbocycles. The second kappa shape index (κ2) is 9.07. The number of fused-ring (bicyclic) bond motifs is 1. The van der Waals surface area contributed by atoms with Crippen LogP contribution in [0.15, 0.2) is 66.0 Å². The third kappa shape index (κ3) is 4.40. The molecule has 170 valence electrons. The van der Waals surface area contributed by atoms with Crippen LogP contribution in [0.2, 0.25) is 0 Å². The number of thiazole rings is 1. The van der Waals surface area contributed by atoms with E-state index in [-0.39, 0.29) is 5.91 Å². The van der Waals surface area contributed by atoms with Gasteiger partial charge in [-0.2, -0.15) is 5.10 Å². The standard InChI is InChI=1S/C26H24N6OS/c1-16-13-23(29-25-24(16)17(2)31-32(25)21-7-5-4-6-8-21)30-26-28-22(15-34-26)20-11-9-19(10-12-20)14-27-18(3)33/h4-13,15H,14H2,1-3H3,(H,27,33)(H,28,29,30). The summed E-state index contributed by atoms with van der Waals surface area (Å²) in [5.74, 6) is 0.692. The minimum absolute atomic E-state index is 0.0386. The molecule has 0 spiro atoms. The monoisotopic (exact) mass is 468 g/mol. The highest BCUT2D eigenvalue weighted by molar-refractivity contribution is 7.14. The van der Waals surface area contributed by atoms with Gasteiger partial charge < -0.3 is 10.6 Å². The molecular weight excluding hydrogens is 444 g/mol. The lowest BCUT2D eigenvalue weighted by atomic mass is 10.1. The zero-order chi connectivity index (χ0) is 23.7. The molecule has 2 aromatic carbocycles. The number of rotatable bonds is 6. The normalized spacial score (nSPS) is 11.0. The zero-order valence-electron chi connectivity index (χ0n) is 19.2. The lowest BCUT2D eigenvalue weighted by Crippen LogP contribution is -2.18. The van der Waals surface area contributed by atoms with E-state index in [9.17, 15) is 4.79 Å². The lowest BCUT2D eigenvalue weighted by Gasteiger charge is -2.07. The first-order chi connectivity index (χ1) is 16.5. The Kier molecular flexibility index (Phi) is 5.81. The van der Waals surface area contributed by atoms with Gasteiger partial charge in [0.15, 0.2) is 10.8 Å². The van der Waals surface area contributed by atoms with Crippen LogP contribution in [-0.2, 0) is 11.3 Å². The number of nitrogens with zero attached hydrogens (tertiary/aromatic N) is 4. The van der Waals surface area contributed by atoms with Crippen molar-refractivity contribution >= 4 is 39.2 Å². The summed E-state index contributed by atoms with van der Waals surface area (Å²) in [5, 5.41) is 14.8. The number of anilines is 2. The van der Waals surface area contributed by atoms with Crippen molar-refractivity contribution in [2.75, 3.05) is 5.32 Å². The van der Waals surface area contributed by atoms with Gasteiger partial charge in [-0.15, -0.1) is 11.3 Å². The number of carbonyl (C=O) groups excluding carboxylic acids is 1. The molecule has 5 rings (SSSR count). The van der Waals surface area contributed by atoms with Crippen LogP contribution < -0.4 is 10.6 Å². The quantitative estimate of drug-likeness (QED) is 0.342. The molecule has 5 aromatic rings. The fraction of sp³-hybridized carbons (Fsp3) is 0.154. The number of aromatic nitrogens is 4. The summed E-state index contributed by atoms with van der Waals surface area (Å²) >= 11 is 1.53. The summed E-state index contributed by atoms with van der Waals surface area (Å²) in [6.07, 6.45) is 0. The minimum atomic E-state index is -0.0386. The van der Waals surface area contributed by atoms with E-state index in [1.165, 1.54) is 18.3 Å². The van der Waals surface area contributed by atoms with E-state index in [1.54, 1.807) is 0 Å². The molecule has 0 aliphatic rings. The summed E-state index contributed by atoms with van der Waals surface area (Å²) in [5.41, 5.74) is 6.81. The molecule has 0 aliphatic carbocycles. The van der Waals surface area contributed by atoms with Crippen LogP contribution in [-0.4, -0.2) is 25.7 Å². The van der Waals surface area contributed by atoms with Crippen LogP contribution in [0.5, 0.6) is 0 Å². The van der Waals surface area contributed by atoms with Crippen molar-refractivity contribution in [2.24, 2.45) is 0 Å². The Labute approximate surface area is 201 Å². The van der Waals surface area contributed by atoms with E-state index in [1.807, 2.05) is 77.6 Å². The number of aryl methyl sites for hydroxylation is 2. The number of hydrogen-bond acceptors (Lipinski definition) is 6. The van der Waals surface area contributed by atoms with Gasteiger partial charge in [0, 0.05) is 29.8 Å². The summed E-state index contributed by atoms with van der Waals surface area (Å²) in [7, 11) is 0. The number of hydrogen-bond donors (Lipinski definition) is 2. The van der Waals surface area contributed by atoms with E-state index in [0.29, 0.717) is 6.54 Å². The average Bonchev–Trinajstić information content (AvgIpc) is 3.43. The van der Waals surface area contributed by atoms with Crippen LogP contribution >= 0.6 is 11.3 Å². The van der Waals surface area contributed by atoms with Gasteiger partial charge in [0.2, 0.25) is 5.91 Å². The van der Waals surface area contributed by atoms with Crippen LogP contribution in [0.4, 0.5) is 10.9 Å². The van der Waals surface area contributed by atoms with Crippen LogP contribution in [0.1, 0.15) is 23.7 Å². The van der Waals surface area contributed by atoms with E-state index in [2.05, 4.69) is 17.6 Å². The lowest BCUT2D eigenvalue weighted by molar-refractivity contribution is -0.119. The summed E-state index contributed by atoms with van der Waals surface area (Å²) in [6.45, 7) is 6.13. The van der Waals surface area contributed by atoms with Crippen molar-refractivity contribution in [2.45, 2.75) is 27.3 Å². The third-order valence-corrected chi connectivity index (χ3v) is 6.30. The van der Waals surface area contributed by atoms with Gasteiger partial charge in [-0.3, -0.25) is 4.79 Å². The number of amides is 1.